The molecule has 13 heteroatoms. The number of piperazine rings is 1. The lowest BCUT2D eigenvalue weighted by atomic mass is 9.87. The third-order valence-electron chi connectivity index (χ3n) is 7.28. The van der Waals surface area contributed by atoms with Crippen molar-refractivity contribution in [2.24, 2.45) is 5.41 Å². The van der Waals surface area contributed by atoms with Crippen molar-refractivity contribution in [2.45, 2.75) is 26.8 Å². The average molecular weight is 613 g/mol. The van der Waals surface area contributed by atoms with E-state index in [9.17, 15) is 28.4 Å². The Kier molecular flexibility index (Phi) is 11.6. The van der Waals surface area contributed by atoms with Gasteiger partial charge in [0, 0.05) is 50.9 Å². The summed E-state index contributed by atoms with van der Waals surface area (Å²) in [6.07, 6.45) is 1.73. The summed E-state index contributed by atoms with van der Waals surface area (Å²) >= 11 is 0. The Hall–Kier alpha value is -4.78. The fraction of sp³-hybridized carbons (Fsp3) is 0.387. The molecule has 12 nitrogen and oxygen atoms in total. The lowest BCUT2D eigenvalue weighted by Crippen LogP contribution is -2.63. The van der Waals surface area contributed by atoms with Crippen LogP contribution in [-0.4, -0.2) is 101 Å². The van der Waals surface area contributed by atoms with E-state index in [-0.39, 0.29) is 18.9 Å². The molecule has 2 saturated heterocycles. The van der Waals surface area contributed by atoms with Crippen LogP contribution in [0.15, 0.2) is 60.7 Å². The molecule has 44 heavy (non-hydrogen) atoms. The predicted octanol–water partition coefficient (Wildman–Crippen LogP) is 3.08. The molecule has 0 bridgehead atoms. The molecule has 0 atom stereocenters. The number of anilines is 1. The normalized spacial score (nSPS) is 17.0. The molecular weight excluding hydrogens is 575 g/mol. The van der Waals surface area contributed by atoms with E-state index in [0.29, 0.717) is 24.3 Å². The second-order valence-electron chi connectivity index (χ2n) is 10.7. The van der Waals surface area contributed by atoms with Gasteiger partial charge in [0.25, 0.3) is 0 Å². The number of carboxylic acids is 2. The van der Waals surface area contributed by atoms with Crippen molar-refractivity contribution in [3.63, 3.8) is 0 Å². The fourth-order valence-corrected chi connectivity index (χ4v) is 4.91. The summed E-state index contributed by atoms with van der Waals surface area (Å²) < 4.78 is 18.9. The molecule has 0 radical (unpaired) electrons. The molecule has 0 aliphatic carbocycles. The van der Waals surface area contributed by atoms with Crippen molar-refractivity contribution in [1.82, 2.24) is 14.7 Å². The Morgan fingerprint density at radius 2 is 1.48 bits per heavy atom. The van der Waals surface area contributed by atoms with Crippen LogP contribution in [0.1, 0.15) is 25.8 Å². The van der Waals surface area contributed by atoms with Gasteiger partial charge in [-0.2, -0.15) is 0 Å². The van der Waals surface area contributed by atoms with E-state index in [1.165, 1.54) is 29.0 Å². The first-order valence-corrected chi connectivity index (χ1v) is 14.0. The number of carbonyl (C=O) groups is 5. The number of barbiturate groups is 1. The molecule has 2 aliphatic rings. The van der Waals surface area contributed by atoms with Gasteiger partial charge >= 0.3 is 18.0 Å². The zero-order valence-corrected chi connectivity index (χ0v) is 24.9. The third-order valence-corrected chi connectivity index (χ3v) is 7.28. The smallest absolute Gasteiger partial charge is 0.333 e. The maximum Gasteiger partial charge on any atom is 0.333 e. The molecule has 236 valence electrons. The number of rotatable bonds is 10. The molecule has 0 saturated carbocycles. The van der Waals surface area contributed by atoms with Crippen LogP contribution in [-0.2, 0) is 25.7 Å². The van der Waals surface area contributed by atoms with Crippen LogP contribution >= 0.6 is 0 Å². The first-order valence-electron chi connectivity index (χ1n) is 14.0. The minimum atomic E-state index is -1.29. The monoisotopic (exact) mass is 612 g/mol. The molecule has 0 unspecified atom stereocenters. The van der Waals surface area contributed by atoms with E-state index in [0.717, 1.165) is 44.0 Å². The van der Waals surface area contributed by atoms with Gasteiger partial charge in [0.15, 0.2) is 0 Å². The van der Waals surface area contributed by atoms with Gasteiger partial charge in [-0.25, -0.2) is 18.8 Å². The summed E-state index contributed by atoms with van der Waals surface area (Å²) in [4.78, 5) is 65.1. The van der Waals surface area contributed by atoms with Gasteiger partial charge in [-0.1, -0.05) is 30.3 Å². The van der Waals surface area contributed by atoms with Crippen LogP contribution in [0, 0.1) is 11.2 Å². The minimum Gasteiger partial charge on any atom is -0.494 e. The number of carboxylic acid groups (broad SMARTS) is 2. The first-order chi connectivity index (χ1) is 20.8. The van der Waals surface area contributed by atoms with Crippen LogP contribution in [0.25, 0.3) is 0 Å². The van der Waals surface area contributed by atoms with Crippen LogP contribution in [0.4, 0.5) is 14.9 Å². The minimum absolute atomic E-state index is 0.139. The Balaban J connectivity index is 0.000000583. The van der Waals surface area contributed by atoms with Gasteiger partial charge in [-0.15, -0.1) is 0 Å². The summed E-state index contributed by atoms with van der Waals surface area (Å²) in [5.74, 6) is -3.24. The number of methoxy groups -OCH3 is 1. The highest BCUT2D eigenvalue weighted by atomic mass is 19.1. The van der Waals surface area contributed by atoms with Gasteiger partial charge in [0.05, 0.1) is 19.3 Å². The number of benzene rings is 2. The maximum absolute atomic E-state index is 13.5. The summed E-state index contributed by atoms with van der Waals surface area (Å²) in [6.45, 7) is 7.39. The highest BCUT2D eigenvalue weighted by Crippen LogP contribution is 2.31. The van der Waals surface area contributed by atoms with Gasteiger partial charge in [0.2, 0.25) is 11.8 Å². The molecule has 2 aromatic rings. The lowest BCUT2D eigenvalue weighted by Gasteiger charge is -2.41. The Morgan fingerprint density at radius 1 is 0.886 bits per heavy atom. The van der Waals surface area contributed by atoms with E-state index < -0.39 is 35.2 Å². The number of aliphatic carboxylic acids is 2. The van der Waals surface area contributed by atoms with Crippen LogP contribution in [0.2, 0.25) is 0 Å². The molecule has 2 heterocycles. The van der Waals surface area contributed by atoms with Gasteiger partial charge < -0.3 is 19.8 Å². The Bertz CT molecular complexity index is 1370. The standard InChI is InChI=1S/C27H33FN4O4.C4H4O4/c1-27(2)24(33)31(26(35)32(25(27)34)19-20-8-5-4-6-9-20)13-7-12-29-14-16-30(17-15-29)22-11-10-21(28)18-23(22)36-3;5-3(6)1-2-4(7)8/h4-6,8-11,18H,7,12-17,19H2,1-3H3;1-2H,(H,5,6)(H,7,8). The molecule has 2 fully saturated rings. The highest BCUT2D eigenvalue weighted by molar-refractivity contribution is 6.18. The highest BCUT2D eigenvalue weighted by Gasteiger charge is 2.51. The number of urea groups is 1. The van der Waals surface area contributed by atoms with Gasteiger partial charge in [0.1, 0.15) is 17.0 Å². The zero-order chi connectivity index (χ0) is 32.4. The molecule has 4 amide bonds. The second-order valence-corrected chi connectivity index (χ2v) is 10.7. The maximum atomic E-state index is 13.5. The summed E-state index contributed by atoms with van der Waals surface area (Å²) in [5, 5.41) is 15.6. The van der Waals surface area contributed by atoms with E-state index in [4.69, 9.17) is 14.9 Å². The zero-order valence-electron chi connectivity index (χ0n) is 24.9. The van der Waals surface area contributed by atoms with Gasteiger partial charge in [-0.3, -0.25) is 24.3 Å². The lowest BCUT2D eigenvalue weighted by molar-refractivity contribution is -0.156. The van der Waals surface area contributed by atoms with Crippen LogP contribution < -0.4 is 9.64 Å². The molecule has 2 aliphatic heterocycles. The van der Waals surface area contributed by atoms with E-state index in [1.54, 1.807) is 19.9 Å². The number of carbonyl (C=O) groups excluding carboxylic acids is 3. The Labute approximate surface area is 254 Å². The summed E-state index contributed by atoms with van der Waals surface area (Å²) in [7, 11) is 1.54. The molecule has 2 N–H and O–H groups in total. The number of ether oxygens (including phenoxy) is 1. The third kappa shape index (κ3) is 8.63. The quantitative estimate of drug-likeness (QED) is 0.303. The predicted molar refractivity (Wildman–Crippen MR) is 159 cm³/mol. The number of nitrogens with zero attached hydrogens (tertiary/aromatic N) is 4. The number of amides is 4. The second kappa shape index (κ2) is 15.1. The summed E-state index contributed by atoms with van der Waals surface area (Å²) in [6, 6.07) is 13.3. The number of imide groups is 2. The SMILES string of the molecule is COc1cc(F)ccc1N1CCN(CCCN2C(=O)N(Cc3ccccc3)C(=O)C(C)(C)C2=O)CC1.O=C(O)C=CC(=O)O. The molecule has 0 aromatic heterocycles. The molecule has 2 aromatic carbocycles. The van der Waals surface area contributed by atoms with Crippen molar-refractivity contribution >= 4 is 35.5 Å². The number of halogens is 1. The van der Waals surface area contributed by atoms with E-state index >= 15 is 0 Å². The number of hydrogen-bond donors (Lipinski definition) is 2. The largest absolute Gasteiger partial charge is 0.494 e. The number of hydrogen-bond acceptors (Lipinski definition) is 8. The van der Waals surface area contributed by atoms with E-state index in [2.05, 4.69) is 9.80 Å². The summed E-state index contributed by atoms with van der Waals surface area (Å²) in [5.41, 5.74) is 0.413. The van der Waals surface area contributed by atoms with Crippen molar-refractivity contribution in [2.75, 3.05) is 51.3 Å². The van der Waals surface area contributed by atoms with Gasteiger partial charge in [-0.05, 0) is 44.5 Å². The van der Waals surface area contributed by atoms with Crippen molar-refractivity contribution in [3.8, 4) is 5.75 Å². The van der Waals surface area contributed by atoms with Crippen molar-refractivity contribution < 1.29 is 43.3 Å². The molecule has 4 rings (SSSR count). The van der Waals surface area contributed by atoms with Crippen LogP contribution in [0.3, 0.4) is 0 Å². The van der Waals surface area contributed by atoms with Crippen LogP contribution in [0.5, 0.6) is 5.75 Å². The molecule has 0 spiro atoms. The Morgan fingerprint density at radius 3 is 2.05 bits per heavy atom. The van der Waals surface area contributed by atoms with E-state index in [1.807, 2.05) is 30.3 Å². The fourth-order valence-electron chi connectivity index (χ4n) is 4.91. The first kappa shape index (κ1) is 33.7. The average Bonchev–Trinajstić information content (AvgIpc) is 3.00. The topological polar surface area (TPSA) is 148 Å². The van der Waals surface area contributed by atoms with Crippen molar-refractivity contribution in [3.05, 3.63) is 72.1 Å². The molecular formula is C31H37FN4O8. The van der Waals surface area contributed by atoms with Crippen molar-refractivity contribution in [1.29, 1.82) is 0 Å².